The van der Waals surface area contributed by atoms with Gasteiger partial charge in [-0.05, 0) is 6.07 Å². The van der Waals surface area contributed by atoms with Gasteiger partial charge in [-0.25, -0.2) is 18.6 Å². The normalized spacial score (nSPS) is 14.9. The Morgan fingerprint density at radius 2 is 1.91 bits per heavy atom. The van der Waals surface area contributed by atoms with Gasteiger partial charge in [-0.1, -0.05) is 11.3 Å². The zero-order valence-corrected chi connectivity index (χ0v) is 19.1. The van der Waals surface area contributed by atoms with Crippen molar-refractivity contribution < 1.29 is 18.3 Å². The van der Waals surface area contributed by atoms with E-state index >= 15 is 0 Å². The average molecular weight is 490 g/mol. The molecule has 1 aliphatic rings. The number of fused-ring (bicyclic) bond motifs is 2. The fourth-order valence-electron chi connectivity index (χ4n) is 4.12. The number of carbonyl (C=O) groups is 1. The van der Waals surface area contributed by atoms with Gasteiger partial charge >= 0.3 is 5.69 Å². The molecule has 0 radical (unpaired) electrons. The van der Waals surface area contributed by atoms with E-state index in [2.05, 4.69) is 9.97 Å². The van der Waals surface area contributed by atoms with Crippen LogP contribution in [0.5, 0.6) is 5.19 Å². The van der Waals surface area contributed by atoms with Crippen molar-refractivity contribution in [1.82, 2.24) is 28.6 Å². The Bertz CT molecular complexity index is 1550. The Labute approximate surface area is 194 Å². The molecule has 34 heavy (non-hydrogen) atoms. The van der Waals surface area contributed by atoms with E-state index in [1.165, 1.54) is 35.6 Å². The third-order valence-corrected chi connectivity index (χ3v) is 6.87. The number of amides is 1. The van der Waals surface area contributed by atoms with Crippen LogP contribution in [0.2, 0.25) is 0 Å². The lowest BCUT2D eigenvalue weighted by atomic mass is 10.1. The summed E-state index contributed by atoms with van der Waals surface area (Å²) in [4.78, 5) is 47.4. The van der Waals surface area contributed by atoms with Crippen LogP contribution in [0.25, 0.3) is 21.4 Å². The second-order valence-electron chi connectivity index (χ2n) is 8.16. The second-order valence-corrected chi connectivity index (χ2v) is 9.16. The van der Waals surface area contributed by atoms with E-state index in [1.807, 2.05) is 0 Å². The van der Waals surface area contributed by atoms with Gasteiger partial charge in [-0.15, -0.1) is 0 Å². The summed E-state index contributed by atoms with van der Waals surface area (Å²) in [5, 5.41) is 0.260. The maximum absolute atomic E-state index is 13.9. The molecule has 1 fully saturated rings. The quantitative estimate of drug-likeness (QED) is 0.428. The van der Waals surface area contributed by atoms with Crippen LogP contribution in [0.4, 0.5) is 8.78 Å². The van der Waals surface area contributed by atoms with Crippen LogP contribution in [0.1, 0.15) is 12.8 Å². The number of thiazole rings is 1. The molecule has 0 unspecified atom stereocenters. The van der Waals surface area contributed by atoms with Crippen LogP contribution >= 0.6 is 11.3 Å². The molecule has 0 N–H and O–H groups in total. The number of aryl methyl sites for hydroxylation is 1. The highest BCUT2D eigenvalue weighted by Gasteiger charge is 2.26. The lowest BCUT2D eigenvalue weighted by Crippen LogP contribution is -2.43. The van der Waals surface area contributed by atoms with E-state index in [9.17, 15) is 23.2 Å². The Kier molecular flexibility index (Phi) is 5.42. The van der Waals surface area contributed by atoms with Crippen LogP contribution < -0.4 is 16.0 Å². The molecule has 0 bridgehead atoms. The summed E-state index contributed by atoms with van der Waals surface area (Å²) in [6.45, 7) is 0.777. The zero-order chi connectivity index (χ0) is 24.1. The summed E-state index contributed by atoms with van der Waals surface area (Å²) in [6.07, 6.45) is 2.25. The van der Waals surface area contributed by atoms with Gasteiger partial charge in [0.05, 0.1) is 11.0 Å². The van der Waals surface area contributed by atoms with Gasteiger partial charge in [0.2, 0.25) is 5.91 Å². The smallest absolute Gasteiger partial charge is 0.332 e. The summed E-state index contributed by atoms with van der Waals surface area (Å²) in [5.74, 6) is -1.59. The van der Waals surface area contributed by atoms with Gasteiger partial charge in [-0.3, -0.25) is 18.7 Å². The van der Waals surface area contributed by atoms with Crippen molar-refractivity contribution in [2.45, 2.75) is 25.5 Å². The number of rotatable bonds is 4. The molecule has 1 saturated heterocycles. The molecular formula is C21H20F2N6O4S. The van der Waals surface area contributed by atoms with E-state index in [4.69, 9.17) is 4.74 Å². The monoisotopic (exact) mass is 490 g/mol. The maximum Gasteiger partial charge on any atom is 0.332 e. The molecule has 0 aliphatic carbocycles. The summed E-state index contributed by atoms with van der Waals surface area (Å²) < 4.78 is 37.2. The molecule has 0 atom stereocenters. The highest BCUT2D eigenvalue weighted by molar-refractivity contribution is 7.20. The first kappa shape index (κ1) is 22.2. The predicted octanol–water partition coefficient (Wildman–Crippen LogP) is 1.39. The first-order valence-corrected chi connectivity index (χ1v) is 11.4. The number of hydrogen-bond donors (Lipinski definition) is 0. The summed E-state index contributed by atoms with van der Waals surface area (Å²) in [5.41, 5.74) is -0.513. The highest BCUT2D eigenvalue weighted by Crippen LogP contribution is 2.32. The third kappa shape index (κ3) is 3.75. The molecule has 4 heterocycles. The van der Waals surface area contributed by atoms with E-state index in [0.717, 1.165) is 22.0 Å². The number of halogens is 2. The van der Waals surface area contributed by atoms with Crippen LogP contribution in [0, 0.1) is 11.6 Å². The van der Waals surface area contributed by atoms with Gasteiger partial charge in [0.1, 0.15) is 24.0 Å². The van der Waals surface area contributed by atoms with E-state index in [0.29, 0.717) is 30.6 Å². The molecular weight excluding hydrogens is 470 g/mol. The number of piperidine rings is 1. The average Bonchev–Trinajstić information content (AvgIpc) is 3.41. The van der Waals surface area contributed by atoms with Crippen LogP contribution in [0.3, 0.4) is 0 Å². The van der Waals surface area contributed by atoms with Gasteiger partial charge in [0.15, 0.2) is 17.0 Å². The molecule has 1 amide bonds. The second kappa shape index (κ2) is 8.31. The van der Waals surface area contributed by atoms with E-state index in [-0.39, 0.29) is 40.4 Å². The third-order valence-electron chi connectivity index (χ3n) is 5.98. The van der Waals surface area contributed by atoms with E-state index in [1.54, 1.807) is 4.90 Å². The molecule has 1 aliphatic heterocycles. The summed E-state index contributed by atoms with van der Waals surface area (Å²) in [6, 6.07) is 2.00. The van der Waals surface area contributed by atoms with Gasteiger partial charge in [-0.2, -0.15) is 4.98 Å². The number of imidazole rings is 1. The maximum atomic E-state index is 13.9. The van der Waals surface area contributed by atoms with Crippen molar-refractivity contribution in [2.24, 2.45) is 14.1 Å². The summed E-state index contributed by atoms with van der Waals surface area (Å²) in [7, 11) is 2.90. The molecule has 3 aromatic heterocycles. The molecule has 0 spiro atoms. The number of benzene rings is 1. The van der Waals surface area contributed by atoms with Crippen molar-refractivity contribution in [2.75, 3.05) is 13.1 Å². The molecule has 178 valence electrons. The Hall–Kier alpha value is -3.61. The van der Waals surface area contributed by atoms with Crippen LogP contribution in [0.15, 0.2) is 28.0 Å². The minimum atomic E-state index is -0.733. The first-order chi connectivity index (χ1) is 16.2. The van der Waals surface area contributed by atoms with Crippen molar-refractivity contribution in [1.29, 1.82) is 0 Å². The minimum absolute atomic E-state index is 0.0743. The lowest BCUT2D eigenvalue weighted by Gasteiger charge is -2.31. The number of ether oxygens (including phenoxy) is 1. The fraction of sp³-hybridized carbons (Fsp3) is 0.381. The van der Waals surface area contributed by atoms with E-state index < -0.39 is 22.9 Å². The fourth-order valence-corrected chi connectivity index (χ4v) is 5.04. The standard InChI is InChI=1S/C21H20F2N6O4S/c1-26-18-17(19(31)27(2)21(26)32)29(10-24-18)9-15(30)28-5-3-12(4-6-28)33-20-25-16-13(23)7-11(22)8-14(16)34-20/h7-8,10,12H,3-6,9H2,1-2H3. The molecule has 0 saturated carbocycles. The number of nitrogens with zero attached hydrogens (tertiary/aromatic N) is 6. The van der Waals surface area contributed by atoms with Crippen LogP contribution in [-0.2, 0) is 25.4 Å². The van der Waals surface area contributed by atoms with Crippen molar-refractivity contribution in [3.8, 4) is 5.19 Å². The topological polar surface area (TPSA) is 104 Å². The number of likely N-dealkylation sites (tertiary alicyclic amines) is 1. The largest absolute Gasteiger partial charge is 0.467 e. The molecule has 5 rings (SSSR count). The molecule has 4 aromatic rings. The SMILES string of the molecule is Cn1c(=O)c2c(ncn2CC(=O)N2CCC(Oc3nc4c(F)cc(F)cc4s3)CC2)n(C)c1=O. The number of hydrogen-bond acceptors (Lipinski definition) is 7. The highest BCUT2D eigenvalue weighted by atomic mass is 32.1. The zero-order valence-electron chi connectivity index (χ0n) is 18.3. The summed E-state index contributed by atoms with van der Waals surface area (Å²) >= 11 is 1.07. The van der Waals surface area contributed by atoms with Crippen molar-refractivity contribution in [3.05, 3.63) is 50.9 Å². The van der Waals surface area contributed by atoms with Gasteiger partial charge < -0.3 is 14.2 Å². The van der Waals surface area contributed by atoms with Gasteiger partial charge in [0.25, 0.3) is 10.8 Å². The molecule has 10 nitrogen and oxygen atoms in total. The molecule has 1 aromatic carbocycles. The first-order valence-electron chi connectivity index (χ1n) is 10.5. The Balaban J connectivity index is 1.25. The predicted molar refractivity (Wildman–Crippen MR) is 120 cm³/mol. The minimum Gasteiger partial charge on any atom is -0.467 e. The Morgan fingerprint density at radius 3 is 2.65 bits per heavy atom. The number of carbonyl (C=O) groups excluding carboxylic acids is 1. The lowest BCUT2D eigenvalue weighted by molar-refractivity contribution is -0.133. The number of aromatic nitrogens is 5. The van der Waals surface area contributed by atoms with Gasteiger partial charge in [0, 0.05) is 46.1 Å². The van der Waals surface area contributed by atoms with Crippen LogP contribution in [-0.4, -0.2) is 53.7 Å². The van der Waals surface area contributed by atoms with Crippen molar-refractivity contribution in [3.63, 3.8) is 0 Å². The Morgan fingerprint density at radius 1 is 1.18 bits per heavy atom. The van der Waals surface area contributed by atoms with Crippen molar-refractivity contribution >= 4 is 38.6 Å². The molecule has 13 heteroatoms.